The fraction of sp³-hybridized carbons (Fsp3) is 0.300. The lowest BCUT2D eigenvalue weighted by atomic mass is 10.0. The normalized spacial score (nSPS) is 18.1. The van der Waals surface area contributed by atoms with Gasteiger partial charge >= 0.3 is 6.18 Å². The summed E-state index contributed by atoms with van der Waals surface area (Å²) in [7, 11) is 0. The summed E-state index contributed by atoms with van der Waals surface area (Å²) in [5.41, 5.74) is 2.03. The van der Waals surface area contributed by atoms with Gasteiger partial charge in [-0.3, -0.25) is 0 Å². The average Bonchev–Trinajstić information content (AvgIpc) is 2.67. The van der Waals surface area contributed by atoms with Crippen molar-refractivity contribution in [3.05, 3.63) is 65.5 Å². The molecule has 0 N–H and O–H groups in total. The molecule has 1 aliphatic heterocycles. The van der Waals surface area contributed by atoms with Gasteiger partial charge in [-0.2, -0.15) is 13.2 Å². The van der Waals surface area contributed by atoms with Gasteiger partial charge in [0.2, 0.25) is 0 Å². The number of nitrogens with zero attached hydrogens (tertiary/aromatic N) is 3. The van der Waals surface area contributed by atoms with Crippen molar-refractivity contribution in [2.24, 2.45) is 0 Å². The first kappa shape index (κ1) is 17.7. The SMILES string of the molecule is Cc1cccc2ncnc(N3CCOC(c4ccc(C(F)(F)F)cc4)C3)c12. The van der Waals surface area contributed by atoms with Gasteiger partial charge in [0.15, 0.2) is 0 Å². The number of hydrogen-bond acceptors (Lipinski definition) is 4. The van der Waals surface area contributed by atoms with Gasteiger partial charge in [-0.15, -0.1) is 0 Å². The maximum Gasteiger partial charge on any atom is 0.416 e. The van der Waals surface area contributed by atoms with Crippen LogP contribution in [0.2, 0.25) is 0 Å². The second-order valence-corrected chi connectivity index (χ2v) is 6.59. The van der Waals surface area contributed by atoms with E-state index in [9.17, 15) is 13.2 Å². The van der Waals surface area contributed by atoms with E-state index in [1.165, 1.54) is 12.1 Å². The fourth-order valence-electron chi connectivity index (χ4n) is 3.43. The lowest BCUT2D eigenvalue weighted by Gasteiger charge is -2.34. The summed E-state index contributed by atoms with van der Waals surface area (Å²) >= 11 is 0. The number of ether oxygens (including phenoxy) is 1. The van der Waals surface area contributed by atoms with Crippen molar-refractivity contribution in [1.82, 2.24) is 9.97 Å². The highest BCUT2D eigenvalue weighted by atomic mass is 19.4. The molecule has 0 amide bonds. The number of halogens is 3. The Bertz CT molecular complexity index is 952. The van der Waals surface area contributed by atoms with Crippen molar-refractivity contribution in [3.63, 3.8) is 0 Å². The highest BCUT2D eigenvalue weighted by molar-refractivity contribution is 5.92. The van der Waals surface area contributed by atoms with Gasteiger partial charge in [0, 0.05) is 18.5 Å². The zero-order chi connectivity index (χ0) is 19.0. The number of benzene rings is 2. The molecule has 4 rings (SSSR count). The molecular formula is C20H18F3N3O. The zero-order valence-electron chi connectivity index (χ0n) is 14.7. The van der Waals surface area contributed by atoms with E-state index in [0.29, 0.717) is 19.7 Å². The lowest BCUT2D eigenvalue weighted by Crippen LogP contribution is -2.39. The van der Waals surface area contributed by atoms with Gasteiger partial charge in [-0.05, 0) is 36.2 Å². The smallest absolute Gasteiger partial charge is 0.370 e. The van der Waals surface area contributed by atoms with E-state index in [-0.39, 0.29) is 6.10 Å². The Morgan fingerprint density at radius 1 is 1.07 bits per heavy atom. The van der Waals surface area contributed by atoms with Gasteiger partial charge in [0.25, 0.3) is 0 Å². The molecule has 1 atom stereocenters. The van der Waals surface area contributed by atoms with Crippen LogP contribution in [0.15, 0.2) is 48.8 Å². The van der Waals surface area contributed by atoms with E-state index in [0.717, 1.165) is 40.0 Å². The van der Waals surface area contributed by atoms with Gasteiger partial charge in [0.1, 0.15) is 18.2 Å². The van der Waals surface area contributed by atoms with Crippen LogP contribution in [0.1, 0.15) is 22.8 Å². The Labute approximate surface area is 154 Å². The number of alkyl halides is 3. The van der Waals surface area contributed by atoms with Crippen molar-refractivity contribution >= 4 is 16.7 Å². The number of morpholine rings is 1. The van der Waals surface area contributed by atoms with E-state index in [1.807, 2.05) is 25.1 Å². The number of hydrogen-bond donors (Lipinski definition) is 0. The number of fused-ring (bicyclic) bond motifs is 1. The Kier molecular flexibility index (Phi) is 4.47. The van der Waals surface area contributed by atoms with E-state index in [1.54, 1.807) is 6.33 Å². The van der Waals surface area contributed by atoms with E-state index < -0.39 is 11.7 Å². The number of aryl methyl sites for hydroxylation is 1. The van der Waals surface area contributed by atoms with Gasteiger partial charge < -0.3 is 9.64 Å². The first-order chi connectivity index (χ1) is 12.9. The molecule has 1 unspecified atom stereocenters. The van der Waals surface area contributed by atoms with Crippen LogP contribution in [0.4, 0.5) is 19.0 Å². The average molecular weight is 373 g/mol. The number of rotatable bonds is 2. The fourth-order valence-corrected chi connectivity index (χ4v) is 3.43. The predicted octanol–water partition coefficient (Wildman–Crippen LogP) is 4.53. The summed E-state index contributed by atoms with van der Waals surface area (Å²) < 4.78 is 44.2. The third-order valence-electron chi connectivity index (χ3n) is 4.83. The van der Waals surface area contributed by atoms with Crippen molar-refractivity contribution in [2.45, 2.75) is 19.2 Å². The first-order valence-electron chi connectivity index (χ1n) is 8.67. The standard InChI is InChI=1S/C20H18F3N3O/c1-13-3-2-4-16-18(13)19(25-12-24-16)26-9-10-27-17(11-26)14-5-7-15(8-6-14)20(21,22)23/h2-8,12,17H,9-11H2,1H3. The molecule has 7 heteroatoms. The quantitative estimate of drug-likeness (QED) is 0.661. The van der Waals surface area contributed by atoms with Crippen molar-refractivity contribution in [2.75, 3.05) is 24.6 Å². The second kappa shape index (κ2) is 6.81. The van der Waals surface area contributed by atoms with E-state index in [2.05, 4.69) is 14.9 Å². The third-order valence-corrected chi connectivity index (χ3v) is 4.83. The zero-order valence-corrected chi connectivity index (χ0v) is 14.7. The van der Waals surface area contributed by atoms with Crippen molar-refractivity contribution in [1.29, 1.82) is 0 Å². The van der Waals surface area contributed by atoms with E-state index in [4.69, 9.17) is 4.74 Å². The molecule has 1 fully saturated rings. The minimum atomic E-state index is -4.34. The van der Waals surface area contributed by atoms with Crippen LogP contribution < -0.4 is 4.90 Å². The maximum absolute atomic E-state index is 12.8. The monoisotopic (exact) mass is 373 g/mol. The Balaban J connectivity index is 1.62. The Morgan fingerprint density at radius 3 is 2.59 bits per heavy atom. The summed E-state index contributed by atoms with van der Waals surface area (Å²) in [6.45, 7) is 3.68. The van der Waals surface area contributed by atoms with Crippen LogP contribution in [0.25, 0.3) is 10.9 Å². The molecule has 140 valence electrons. The summed E-state index contributed by atoms with van der Waals surface area (Å²) in [5.74, 6) is 0.832. The molecule has 1 aliphatic rings. The molecular weight excluding hydrogens is 355 g/mol. The number of anilines is 1. The molecule has 27 heavy (non-hydrogen) atoms. The van der Waals surface area contributed by atoms with Crippen LogP contribution in [-0.2, 0) is 10.9 Å². The second-order valence-electron chi connectivity index (χ2n) is 6.59. The topological polar surface area (TPSA) is 38.2 Å². The maximum atomic E-state index is 12.8. The highest BCUT2D eigenvalue weighted by Gasteiger charge is 2.31. The summed E-state index contributed by atoms with van der Waals surface area (Å²) in [4.78, 5) is 10.9. The first-order valence-corrected chi connectivity index (χ1v) is 8.67. The molecule has 2 heterocycles. The largest absolute Gasteiger partial charge is 0.416 e. The molecule has 1 saturated heterocycles. The van der Waals surface area contributed by atoms with Gasteiger partial charge in [-0.1, -0.05) is 24.3 Å². The van der Waals surface area contributed by atoms with E-state index >= 15 is 0 Å². The van der Waals surface area contributed by atoms with Crippen molar-refractivity contribution < 1.29 is 17.9 Å². The van der Waals surface area contributed by atoms with Gasteiger partial charge in [0.05, 0.1) is 17.7 Å². The molecule has 4 nitrogen and oxygen atoms in total. The molecule has 1 aromatic heterocycles. The molecule has 2 aromatic carbocycles. The minimum absolute atomic E-state index is 0.310. The Morgan fingerprint density at radius 2 is 1.85 bits per heavy atom. The number of aromatic nitrogens is 2. The Hall–Kier alpha value is -2.67. The molecule has 0 radical (unpaired) electrons. The molecule has 3 aromatic rings. The third kappa shape index (κ3) is 3.47. The molecule has 0 aliphatic carbocycles. The lowest BCUT2D eigenvalue weighted by molar-refractivity contribution is -0.137. The van der Waals surface area contributed by atoms with Crippen LogP contribution in [0.5, 0.6) is 0 Å². The highest BCUT2D eigenvalue weighted by Crippen LogP contribution is 2.33. The summed E-state index contributed by atoms with van der Waals surface area (Å²) in [5, 5.41) is 0.994. The summed E-state index contributed by atoms with van der Waals surface area (Å²) in [6, 6.07) is 11.1. The summed E-state index contributed by atoms with van der Waals surface area (Å²) in [6.07, 6.45) is -3.11. The molecule has 0 spiro atoms. The van der Waals surface area contributed by atoms with Crippen LogP contribution in [0, 0.1) is 6.92 Å². The minimum Gasteiger partial charge on any atom is -0.370 e. The van der Waals surface area contributed by atoms with Crippen LogP contribution >= 0.6 is 0 Å². The predicted molar refractivity (Wildman–Crippen MR) is 96.6 cm³/mol. The van der Waals surface area contributed by atoms with Crippen molar-refractivity contribution in [3.8, 4) is 0 Å². The molecule has 0 bridgehead atoms. The van der Waals surface area contributed by atoms with Crippen LogP contribution in [0.3, 0.4) is 0 Å². The van der Waals surface area contributed by atoms with Crippen LogP contribution in [-0.4, -0.2) is 29.7 Å². The molecule has 0 saturated carbocycles. The van der Waals surface area contributed by atoms with Gasteiger partial charge in [-0.25, -0.2) is 9.97 Å².